The van der Waals surface area contributed by atoms with Gasteiger partial charge in [0.05, 0.1) is 11.6 Å². The van der Waals surface area contributed by atoms with E-state index in [0.29, 0.717) is 35.9 Å². The van der Waals surface area contributed by atoms with E-state index in [1.165, 1.54) is 0 Å². The first-order valence-electron chi connectivity index (χ1n) is 10.9. The van der Waals surface area contributed by atoms with Gasteiger partial charge in [0.1, 0.15) is 5.65 Å². The second kappa shape index (κ2) is 11.2. The Labute approximate surface area is 193 Å². The van der Waals surface area contributed by atoms with Gasteiger partial charge in [-0.05, 0) is 36.8 Å². The maximum Gasteiger partial charge on any atom is 0.303 e. The molecule has 0 unspecified atom stereocenters. The van der Waals surface area contributed by atoms with E-state index in [1.54, 1.807) is 19.2 Å². The first-order valence-corrected chi connectivity index (χ1v) is 11.2. The molecule has 3 rings (SSSR count). The molecule has 0 saturated heterocycles. The maximum absolute atomic E-state index is 13.2. The zero-order chi connectivity index (χ0) is 23.1. The van der Waals surface area contributed by atoms with E-state index >= 15 is 0 Å². The van der Waals surface area contributed by atoms with Crippen LogP contribution in [0.15, 0.2) is 42.6 Å². The average molecular weight is 457 g/mol. The second-order valence-corrected chi connectivity index (χ2v) is 8.67. The molecule has 0 fully saturated rings. The summed E-state index contributed by atoms with van der Waals surface area (Å²) in [6.45, 7) is 3.01. The summed E-state index contributed by atoms with van der Waals surface area (Å²) in [7, 11) is 1.90. The van der Waals surface area contributed by atoms with Crippen LogP contribution in [0.3, 0.4) is 0 Å². The first kappa shape index (κ1) is 24.0. The highest BCUT2D eigenvalue weighted by molar-refractivity contribution is 6.31. The number of carboxylic acids is 1. The number of benzene rings is 1. The Morgan fingerprint density at radius 3 is 2.66 bits per heavy atom. The predicted octanol–water partition coefficient (Wildman–Crippen LogP) is 5.45. The summed E-state index contributed by atoms with van der Waals surface area (Å²) in [6, 6.07) is 11.8. The number of ketones is 1. The number of hydrogen-bond donors (Lipinski definition) is 1. The van der Waals surface area contributed by atoms with Crippen LogP contribution in [0, 0.1) is 5.92 Å². The molecule has 0 radical (unpaired) electrons. The lowest BCUT2D eigenvalue weighted by molar-refractivity contribution is -0.137. The van der Waals surface area contributed by atoms with E-state index in [2.05, 4.69) is 4.98 Å². The Morgan fingerprint density at radius 2 is 1.94 bits per heavy atom. The molecule has 1 N–H and O–H groups in total. The van der Waals surface area contributed by atoms with Gasteiger partial charge >= 0.3 is 5.97 Å². The third-order valence-corrected chi connectivity index (χ3v) is 5.72. The molecule has 1 atom stereocenters. The number of halogens is 1. The number of unbranched alkanes of at least 4 members (excludes halogenated alkanes) is 1. The SMILES string of the molecule is C[C@H](CC(=O)O)CC(=O)c1c(CCCCOCc2ccccc2)n(C)c2ncc(Cl)cc12. The Bertz CT molecular complexity index is 1080. The fourth-order valence-electron chi connectivity index (χ4n) is 3.99. The summed E-state index contributed by atoms with van der Waals surface area (Å²) < 4.78 is 7.72. The van der Waals surface area contributed by atoms with Crippen LogP contribution >= 0.6 is 11.6 Å². The van der Waals surface area contributed by atoms with Crippen molar-refractivity contribution in [2.75, 3.05) is 6.61 Å². The van der Waals surface area contributed by atoms with Crippen molar-refractivity contribution in [3.05, 3.63) is 64.4 Å². The molecule has 170 valence electrons. The molecule has 1 aromatic carbocycles. The van der Waals surface area contributed by atoms with Gasteiger partial charge in [0.15, 0.2) is 5.78 Å². The van der Waals surface area contributed by atoms with Gasteiger partial charge in [-0.1, -0.05) is 48.9 Å². The summed E-state index contributed by atoms with van der Waals surface area (Å²) in [5.74, 6) is -1.21. The van der Waals surface area contributed by atoms with Crippen LogP contribution in [0.4, 0.5) is 0 Å². The Hall–Kier alpha value is -2.70. The lowest BCUT2D eigenvalue weighted by Crippen LogP contribution is -2.12. The number of pyridine rings is 1. The number of aliphatic carboxylic acids is 1. The molecule has 0 aliphatic carbocycles. The van der Waals surface area contributed by atoms with Gasteiger partial charge in [-0.3, -0.25) is 9.59 Å². The third kappa shape index (κ3) is 6.17. The number of ether oxygens (including phenoxy) is 1. The fraction of sp³-hybridized carbons (Fsp3) is 0.400. The van der Waals surface area contributed by atoms with Crippen LogP contribution in [-0.2, 0) is 29.6 Å². The molecule has 0 spiro atoms. The Kier molecular flexibility index (Phi) is 8.42. The zero-order valence-corrected chi connectivity index (χ0v) is 19.3. The predicted molar refractivity (Wildman–Crippen MR) is 125 cm³/mol. The van der Waals surface area contributed by atoms with Crippen LogP contribution in [0.2, 0.25) is 5.02 Å². The number of fused-ring (bicyclic) bond motifs is 1. The van der Waals surface area contributed by atoms with Crippen molar-refractivity contribution in [1.29, 1.82) is 0 Å². The highest BCUT2D eigenvalue weighted by Crippen LogP contribution is 2.30. The number of carboxylic acid groups (broad SMARTS) is 1. The number of Topliss-reactive ketones (excluding diaryl/α,β-unsaturated/α-hetero) is 1. The lowest BCUT2D eigenvalue weighted by Gasteiger charge is -2.11. The molecule has 0 aliphatic rings. The number of hydrogen-bond acceptors (Lipinski definition) is 4. The highest BCUT2D eigenvalue weighted by Gasteiger charge is 2.24. The number of carbonyl (C=O) groups excluding carboxylic acids is 1. The molecule has 2 aromatic heterocycles. The van der Waals surface area contributed by atoms with E-state index in [-0.39, 0.29) is 24.5 Å². The van der Waals surface area contributed by atoms with Crippen molar-refractivity contribution in [1.82, 2.24) is 9.55 Å². The molecule has 0 aliphatic heterocycles. The summed E-state index contributed by atoms with van der Waals surface area (Å²) in [6.07, 6.45) is 4.14. The molecular formula is C25H29ClN2O4. The zero-order valence-electron chi connectivity index (χ0n) is 18.5. The first-order chi connectivity index (χ1) is 15.4. The van der Waals surface area contributed by atoms with Gasteiger partial charge in [0.2, 0.25) is 0 Å². The molecular weight excluding hydrogens is 428 g/mol. The lowest BCUT2D eigenvalue weighted by atomic mass is 9.94. The quantitative estimate of drug-likeness (QED) is 0.289. The van der Waals surface area contributed by atoms with Crippen molar-refractivity contribution in [2.45, 2.75) is 45.6 Å². The van der Waals surface area contributed by atoms with Crippen LogP contribution in [0.5, 0.6) is 0 Å². The van der Waals surface area contributed by atoms with Crippen molar-refractivity contribution in [2.24, 2.45) is 13.0 Å². The molecule has 0 amide bonds. The van der Waals surface area contributed by atoms with Crippen LogP contribution < -0.4 is 0 Å². The Morgan fingerprint density at radius 1 is 1.19 bits per heavy atom. The number of aromatic nitrogens is 2. The largest absolute Gasteiger partial charge is 0.481 e. The summed E-state index contributed by atoms with van der Waals surface area (Å²) in [5.41, 5.74) is 3.37. The molecule has 7 heteroatoms. The molecule has 0 saturated carbocycles. The van der Waals surface area contributed by atoms with Crippen molar-refractivity contribution in [3.63, 3.8) is 0 Å². The maximum atomic E-state index is 13.2. The smallest absolute Gasteiger partial charge is 0.303 e. The monoisotopic (exact) mass is 456 g/mol. The van der Waals surface area contributed by atoms with Crippen LogP contribution in [0.25, 0.3) is 11.0 Å². The molecule has 6 nitrogen and oxygen atoms in total. The fourth-order valence-corrected chi connectivity index (χ4v) is 4.15. The van der Waals surface area contributed by atoms with Gasteiger partial charge < -0.3 is 14.4 Å². The van der Waals surface area contributed by atoms with Gasteiger partial charge in [0.25, 0.3) is 0 Å². The van der Waals surface area contributed by atoms with Crippen LogP contribution in [-0.4, -0.2) is 33.0 Å². The summed E-state index contributed by atoms with van der Waals surface area (Å²) in [4.78, 5) is 28.6. The number of rotatable bonds is 12. The van der Waals surface area contributed by atoms with E-state index in [0.717, 1.165) is 29.5 Å². The molecule has 32 heavy (non-hydrogen) atoms. The highest BCUT2D eigenvalue weighted by atomic mass is 35.5. The van der Waals surface area contributed by atoms with Gasteiger partial charge in [-0.25, -0.2) is 4.98 Å². The molecule has 3 aromatic rings. The van der Waals surface area contributed by atoms with E-state index in [9.17, 15) is 9.59 Å². The Balaban J connectivity index is 1.69. The summed E-state index contributed by atoms with van der Waals surface area (Å²) in [5, 5.41) is 10.2. The summed E-state index contributed by atoms with van der Waals surface area (Å²) >= 11 is 6.17. The second-order valence-electron chi connectivity index (χ2n) is 8.23. The van der Waals surface area contributed by atoms with E-state index in [4.69, 9.17) is 21.4 Å². The third-order valence-electron chi connectivity index (χ3n) is 5.51. The average Bonchev–Trinajstić information content (AvgIpc) is 3.01. The molecule has 2 heterocycles. The topological polar surface area (TPSA) is 81.4 Å². The minimum Gasteiger partial charge on any atom is -0.481 e. The minimum atomic E-state index is -0.899. The number of aryl methyl sites for hydroxylation is 1. The van der Waals surface area contributed by atoms with Gasteiger partial charge in [-0.2, -0.15) is 0 Å². The van der Waals surface area contributed by atoms with Crippen LogP contribution in [0.1, 0.15) is 54.2 Å². The number of carbonyl (C=O) groups is 2. The number of nitrogens with zero attached hydrogens (tertiary/aromatic N) is 2. The van der Waals surface area contributed by atoms with E-state index < -0.39 is 5.97 Å². The van der Waals surface area contributed by atoms with Gasteiger partial charge in [-0.15, -0.1) is 0 Å². The van der Waals surface area contributed by atoms with Crippen molar-refractivity contribution in [3.8, 4) is 0 Å². The molecule has 0 bridgehead atoms. The normalized spacial score (nSPS) is 12.2. The minimum absolute atomic E-state index is 0.0381. The van der Waals surface area contributed by atoms with Gasteiger partial charge in [0, 0.05) is 49.3 Å². The van der Waals surface area contributed by atoms with Crippen molar-refractivity contribution < 1.29 is 19.4 Å². The van der Waals surface area contributed by atoms with Crippen molar-refractivity contribution >= 4 is 34.4 Å². The van der Waals surface area contributed by atoms with E-state index in [1.807, 2.05) is 41.9 Å². The standard InChI is InChI=1S/C25H29ClN2O4/c1-17(13-23(30)31)12-22(29)24-20-14-19(26)15-27-25(20)28(2)21(24)10-6-7-11-32-16-18-8-4-3-5-9-18/h3-5,8-9,14-15,17H,6-7,10-13,16H2,1-2H3,(H,30,31)/t17-/m0/s1.